The first kappa shape index (κ1) is 15.2. The van der Waals surface area contributed by atoms with Crippen molar-refractivity contribution >= 4 is 14.3 Å². The van der Waals surface area contributed by atoms with Crippen LogP contribution in [0.4, 0.5) is 0 Å². The zero-order valence-corrected chi connectivity index (χ0v) is 12.4. The second-order valence-corrected chi connectivity index (χ2v) is 9.77. The highest BCUT2D eigenvalue weighted by molar-refractivity contribution is 6.71. The van der Waals surface area contributed by atoms with Gasteiger partial charge in [0.1, 0.15) is 0 Å². The van der Waals surface area contributed by atoms with Gasteiger partial charge >= 0.3 is 5.97 Å². The summed E-state index contributed by atoms with van der Waals surface area (Å²) in [5.41, 5.74) is 2.40. The van der Waals surface area contributed by atoms with Gasteiger partial charge in [-0.2, -0.15) is 0 Å². The molecule has 0 atom stereocenters. The summed E-state index contributed by atoms with van der Waals surface area (Å²) >= 11 is 0. The number of hydrogen-bond acceptors (Lipinski definition) is 2. The molecular formula is C13H24O2Si. The molecule has 0 aromatic heterocycles. The Morgan fingerprint density at radius 2 is 1.75 bits per heavy atom. The molecule has 0 radical (unpaired) electrons. The normalized spacial score (nSPS) is 12.2. The first-order valence-corrected chi connectivity index (χ1v) is 9.15. The van der Waals surface area contributed by atoms with Crippen LogP contribution in [0.3, 0.4) is 0 Å². The van der Waals surface area contributed by atoms with E-state index in [-0.39, 0.29) is 5.97 Å². The molecule has 92 valence electrons. The van der Waals surface area contributed by atoms with Crippen molar-refractivity contribution in [2.24, 2.45) is 0 Å². The lowest BCUT2D eigenvalue weighted by atomic mass is 10.1. The maximum atomic E-state index is 11.5. The molecule has 0 amide bonds. The van der Waals surface area contributed by atoms with Crippen molar-refractivity contribution in [1.82, 2.24) is 0 Å². The molecule has 0 aromatic rings. The molecular weight excluding hydrogens is 216 g/mol. The van der Waals surface area contributed by atoms with Gasteiger partial charge in [0.25, 0.3) is 0 Å². The molecule has 0 aliphatic rings. The molecule has 0 heterocycles. The highest BCUT2D eigenvalue weighted by atomic mass is 28.4. The molecule has 0 saturated carbocycles. The van der Waals surface area contributed by atoms with E-state index in [0.29, 0.717) is 0 Å². The second kappa shape index (κ2) is 6.69. The lowest BCUT2D eigenvalue weighted by Crippen LogP contribution is -2.28. The fourth-order valence-corrected chi connectivity index (χ4v) is 1.86. The SMILES string of the molecule is CC(C)=CCC/C(C)=C/C(=O)O[Si](C)(C)C. The van der Waals surface area contributed by atoms with E-state index < -0.39 is 8.32 Å². The monoisotopic (exact) mass is 240 g/mol. The Kier molecular flexibility index (Phi) is 6.34. The summed E-state index contributed by atoms with van der Waals surface area (Å²) in [7, 11) is -1.74. The summed E-state index contributed by atoms with van der Waals surface area (Å²) in [6, 6.07) is 0. The van der Waals surface area contributed by atoms with E-state index in [2.05, 4.69) is 19.9 Å². The van der Waals surface area contributed by atoms with E-state index in [0.717, 1.165) is 18.4 Å². The van der Waals surface area contributed by atoms with Gasteiger partial charge < -0.3 is 4.43 Å². The minimum Gasteiger partial charge on any atom is -0.517 e. The predicted molar refractivity (Wildman–Crippen MR) is 71.9 cm³/mol. The number of allylic oxidation sites excluding steroid dienone is 3. The minimum atomic E-state index is -1.74. The van der Waals surface area contributed by atoms with Crippen molar-refractivity contribution in [3.8, 4) is 0 Å². The Morgan fingerprint density at radius 1 is 1.19 bits per heavy atom. The number of hydrogen-bond donors (Lipinski definition) is 0. The highest BCUT2D eigenvalue weighted by Crippen LogP contribution is 2.09. The molecule has 0 aliphatic heterocycles. The average Bonchev–Trinajstić information content (AvgIpc) is 1.98. The van der Waals surface area contributed by atoms with Gasteiger partial charge in [-0.15, -0.1) is 0 Å². The molecule has 3 heteroatoms. The van der Waals surface area contributed by atoms with Crippen LogP contribution in [0.25, 0.3) is 0 Å². The molecule has 0 fully saturated rings. The van der Waals surface area contributed by atoms with Gasteiger partial charge in [0, 0.05) is 6.08 Å². The average molecular weight is 240 g/mol. The van der Waals surface area contributed by atoms with E-state index >= 15 is 0 Å². The van der Waals surface area contributed by atoms with Gasteiger partial charge in [-0.1, -0.05) is 17.2 Å². The quantitative estimate of drug-likeness (QED) is 0.411. The topological polar surface area (TPSA) is 26.3 Å². The van der Waals surface area contributed by atoms with E-state index in [1.165, 1.54) is 5.57 Å². The van der Waals surface area contributed by atoms with Crippen molar-refractivity contribution in [3.05, 3.63) is 23.3 Å². The molecule has 0 saturated heterocycles. The van der Waals surface area contributed by atoms with Crippen LogP contribution in [0.5, 0.6) is 0 Å². The Labute approximate surface area is 101 Å². The van der Waals surface area contributed by atoms with E-state index in [9.17, 15) is 4.79 Å². The molecule has 0 bridgehead atoms. The van der Waals surface area contributed by atoms with Crippen LogP contribution < -0.4 is 0 Å². The molecule has 16 heavy (non-hydrogen) atoms. The Balaban J connectivity index is 4.12. The Morgan fingerprint density at radius 3 is 2.19 bits per heavy atom. The van der Waals surface area contributed by atoms with Crippen LogP contribution in [-0.4, -0.2) is 14.3 Å². The lowest BCUT2D eigenvalue weighted by molar-refractivity contribution is -0.129. The van der Waals surface area contributed by atoms with Crippen molar-refractivity contribution in [1.29, 1.82) is 0 Å². The van der Waals surface area contributed by atoms with Crippen LogP contribution in [0.15, 0.2) is 23.3 Å². The minimum absolute atomic E-state index is 0.186. The van der Waals surface area contributed by atoms with Gasteiger partial charge in [-0.3, -0.25) is 0 Å². The smallest absolute Gasteiger partial charge is 0.317 e. The van der Waals surface area contributed by atoms with Crippen LogP contribution in [0.1, 0.15) is 33.6 Å². The lowest BCUT2D eigenvalue weighted by Gasteiger charge is -2.15. The summed E-state index contributed by atoms with van der Waals surface area (Å²) in [6.45, 7) is 12.2. The third-order valence-corrected chi connectivity index (χ3v) is 2.68. The molecule has 0 aliphatic carbocycles. The fourth-order valence-electron chi connectivity index (χ4n) is 1.19. The van der Waals surface area contributed by atoms with Gasteiger partial charge in [0.05, 0.1) is 0 Å². The molecule has 0 spiro atoms. The van der Waals surface area contributed by atoms with Crippen molar-refractivity contribution in [3.63, 3.8) is 0 Å². The zero-order valence-electron chi connectivity index (χ0n) is 11.4. The Bertz CT molecular complexity index is 292. The van der Waals surface area contributed by atoms with E-state index in [1.54, 1.807) is 6.08 Å². The van der Waals surface area contributed by atoms with E-state index in [4.69, 9.17) is 4.43 Å². The summed E-state index contributed by atoms with van der Waals surface area (Å²) < 4.78 is 5.34. The Hall–Kier alpha value is -0.833. The zero-order chi connectivity index (χ0) is 12.8. The predicted octanol–water partition coefficient (Wildman–Crippen LogP) is 4.06. The first-order valence-electron chi connectivity index (χ1n) is 5.74. The van der Waals surface area contributed by atoms with Crippen molar-refractivity contribution < 1.29 is 9.22 Å². The molecule has 0 unspecified atom stereocenters. The van der Waals surface area contributed by atoms with Crippen LogP contribution in [-0.2, 0) is 9.22 Å². The maximum Gasteiger partial charge on any atom is 0.317 e. The van der Waals surface area contributed by atoms with Crippen molar-refractivity contribution in [2.75, 3.05) is 0 Å². The number of carbonyl (C=O) groups is 1. The molecule has 2 nitrogen and oxygen atoms in total. The van der Waals surface area contributed by atoms with Gasteiger partial charge in [-0.25, -0.2) is 4.79 Å². The van der Waals surface area contributed by atoms with Gasteiger partial charge in [0.15, 0.2) is 0 Å². The second-order valence-electron chi connectivity index (χ2n) is 5.34. The third kappa shape index (κ3) is 9.71. The molecule has 0 N–H and O–H groups in total. The van der Waals surface area contributed by atoms with Gasteiger partial charge in [0.2, 0.25) is 8.32 Å². The number of carbonyl (C=O) groups excluding carboxylic acids is 1. The fraction of sp³-hybridized carbons (Fsp3) is 0.615. The molecule has 0 aromatic carbocycles. The summed E-state index contributed by atoms with van der Waals surface area (Å²) in [4.78, 5) is 11.5. The largest absolute Gasteiger partial charge is 0.517 e. The van der Waals surface area contributed by atoms with Crippen LogP contribution >= 0.6 is 0 Å². The highest BCUT2D eigenvalue weighted by Gasteiger charge is 2.18. The maximum absolute atomic E-state index is 11.5. The summed E-state index contributed by atoms with van der Waals surface area (Å²) in [6.07, 6.45) is 5.72. The summed E-state index contributed by atoms with van der Waals surface area (Å²) in [5, 5.41) is 0. The number of rotatable bonds is 5. The van der Waals surface area contributed by atoms with Gasteiger partial charge in [-0.05, 0) is 53.3 Å². The van der Waals surface area contributed by atoms with Crippen LogP contribution in [0, 0.1) is 0 Å². The van der Waals surface area contributed by atoms with Crippen LogP contribution in [0.2, 0.25) is 19.6 Å². The first-order chi connectivity index (χ1) is 7.20. The molecule has 0 rings (SSSR count). The van der Waals surface area contributed by atoms with Crippen molar-refractivity contribution in [2.45, 2.75) is 53.3 Å². The third-order valence-electron chi connectivity index (χ3n) is 1.86. The van der Waals surface area contributed by atoms with E-state index in [1.807, 2.05) is 26.6 Å². The standard InChI is InChI=1S/C13H24O2Si/c1-11(2)8-7-9-12(3)10-13(14)15-16(4,5)6/h8,10H,7,9H2,1-6H3/b12-10+. The summed E-state index contributed by atoms with van der Waals surface area (Å²) in [5.74, 6) is -0.186.